The average Bonchev–Trinajstić information content (AvgIpc) is 3.36. The molecule has 2 heterocycles. The number of carbonyl (C=O) groups excluding carboxylic acids is 3. The molecule has 0 radical (unpaired) electrons. The number of thiophene rings is 1. The van der Waals surface area contributed by atoms with E-state index in [0.717, 1.165) is 11.3 Å². The standard InChI is InChI=1S/C19H20ClF2N3O6S/c20-15-4-3-14(32-15)18(28)23-6-11-7-25(19(29)31-11)12-2-1-10(24-17(27)8-26)5-13(12)30-9-16(21)22/h3-5,11,16,26H,1-2,6-9H2,(H,23,28)(H,24,27). The van der Waals surface area contributed by atoms with E-state index < -0.39 is 37.7 Å². The molecule has 1 fully saturated rings. The molecule has 3 N–H and O–H groups in total. The van der Waals surface area contributed by atoms with E-state index in [0.29, 0.717) is 20.6 Å². The molecule has 1 aliphatic carbocycles. The zero-order chi connectivity index (χ0) is 23.3. The molecule has 1 saturated heterocycles. The summed E-state index contributed by atoms with van der Waals surface area (Å²) in [5.74, 6) is -1.02. The van der Waals surface area contributed by atoms with Crippen molar-refractivity contribution in [2.45, 2.75) is 25.4 Å². The number of rotatable bonds is 9. The van der Waals surface area contributed by atoms with Crippen LogP contribution in [0.5, 0.6) is 0 Å². The largest absolute Gasteiger partial charge is 0.486 e. The van der Waals surface area contributed by atoms with E-state index in [1.165, 1.54) is 11.0 Å². The number of halogens is 3. The van der Waals surface area contributed by atoms with Gasteiger partial charge in [0.05, 0.1) is 28.0 Å². The van der Waals surface area contributed by atoms with E-state index in [1.54, 1.807) is 12.1 Å². The van der Waals surface area contributed by atoms with Gasteiger partial charge in [-0.15, -0.1) is 11.3 Å². The lowest BCUT2D eigenvalue weighted by molar-refractivity contribution is -0.123. The van der Waals surface area contributed by atoms with Crippen molar-refractivity contribution >= 4 is 40.8 Å². The summed E-state index contributed by atoms with van der Waals surface area (Å²) in [5.41, 5.74) is 0.694. The van der Waals surface area contributed by atoms with Crippen molar-refractivity contribution in [1.82, 2.24) is 15.5 Å². The Morgan fingerprint density at radius 1 is 1.38 bits per heavy atom. The van der Waals surface area contributed by atoms with E-state index in [-0.39, 0.29) is 37.6 Å². The van der Waals surface area contributed by atoms with Gasteiger partial charge in [-0.3, -0.25) is 14.5 Å². The molecule has 0 spiro atoms. The molecule has 0 bridgehead atoms. The molecular weight excluding hydrogens is 472 g/mol. The first-order valence-corrected chi connectivity index (χ1v) is 10.7. The number of cyclic esters (lactones) is 1. The van der Waals surface area contributed by atoms with Gasteiger partial charge in [-0.1, -0.05) is 11.6 Å². The third kappa shape index (κ3) is 6.17. The summed E-state index contributed by atoms with van der Waals surface area (Å²) in [5, 5.41) is 14.0. The maximum atomic E-state index is 12.7. The van der Waals surface area contributed by atoms with Crippen molar-refractivity contribution in [2.24, 2.45) is 0 Å². The Labute approximate surface area is 190 Å². The van der Waals surface area contributed by atoms with E-state index in [9.17, 15) is 23.2 Å². The van der Waals surface area contributed by atoms with Gasteiger partial charge in [0, 0.05) is 11.8 Å². The number of hydrogen-bond acceptors (Lipinski definition) is 7. The molecule has 174 valence electrons. The minimum atomic E-state index is -2.74. The molecule has 1 aromatic rings. The predicted octanol–water partition coefficient (Wildman–Crippen LogP) is 2.23. The molecule has 1 unspecified atom stereocenters. The molecule has 13 heteroatoms. The van der Waals surface area contributed by atoms with Crippen LogP contribution in [0.1, 0.15) is 22.5 Å². The Bertz CT molecular complexity index is 951. The lowest BCUT2D eigenvalue weighted by Gasteiger charge is -2.25. The van der Waals surface area contributed by atoms with Gasteiger partial charge in [0.2, 0.25) is 5.91 Å². The van der Waals surface area contributed by atoms with Crippen LogP contribution in [0.25, 0.3) is 0 Å². The van der Waals surface area contributed by atoms with Crippen molar-refractivity contribution in [3.63, 3.8) is 0 Å². The van der Waals surface area contributed by atoms with Gasteiger partial charge >= 0.3 is 6.09 Å². The van der Waals surface area contributed by atoms with Crippen LogP contribution in [0.4, 0.5) is 13.6 Å². The molecule has 1 aromatic heterocycles. The number of nitrogens with zero attached hydrogens (tertiary/aromatic N) is 1. The molecular formula is C19H20ClF2N3O6S. The number of allylic oxidation sites excluding steroid dienone is 3. The summed E-state index contributed by atoms with van der Waals surface area (Å²) in [7, 11) is 0. The van der Waals surface area contributed by atoms with Crippen LogP contribution < -0.4 is 10.6 Å². The topological polar surface area (TPSA) is 117 Å². The maximum absolute atomic E-state index is 12.7. The van der Waals surface area contributed by atoms with Crippen LogP contribution in [0.2, 0.25) is 4.34 Å². The molecule has 0 aromatic carbocycles. The Kier molecular flexibility index (Phi) is 8.04. The lowest BCUT2D eigenvalue weighted by Crippen LogP contribution is -2.35. The fraction of sp³-hybridized carbons (Fsp3) is 0.421. The van der Waals surface area contributed by atoms with E-state index in [2.05, 4.69) is 10.6 Å². The van der Waals surface area contributed by atoms with Gasteiger partial charge in [0.15, 0.2) is 0 Å². The van der Waals surface area contributed by atoms with Crippen molar-refractivity contribution in [3.8, 4) is 0 Å². The summed E-state index contributed by atoms with van der Waals surface area (Å²) in [4.78, 5) is 37.7. The van der Waals surface area contributed by atoms with Gasteiger partial charge in [0.25, 0.3) is 12.3 Å². The zero-order valence-corrected chi connectivity index (χ0v) is 18.2. The third-order valence-corrected chi connectivity index (χ3v) is 5.75. The fourth-order valence-electron chi connectivity index (χ4n) is 3.13. The van der Waals surface area contributed by atoms with E-state index >= 15 is 0 Å². The normalized spacial score (nSPS) is 18.5. The molecule has 0 saturated carbocycles. The number of alkyl halides is 2. The lowest BCUT2D eigenvalue weighted by atomic mass is 10.0. The number of ether oxygens (including phenoxy) is 2. The van der Waals surface area contributed by atoms with Crippen LogP contribution >= 0.6 is 22.9 Å². The average molecular weight is 492 g/mol. The first-order valence-electron chi connectivity index (χ1n) is 9.54. The number of amides is 3. The van der Waals surface area contributed by atoms with Crippen molar-refractivity contribution in [2.75, 3.05) is 26.3 Å². The quantitative estimate of drug-likeness (QED) is 0.487. The van der Waals surface area contributed by atoms with Crippen LogP contribution in [0, 0.1) is 0 Å². The van der Waals surface area contributed by atoms with Gasteiger partial charge in [0.1, 0.15) is 25.1 Å². The number of carbonyl (C=O) groups is 3. The highest BCUT2D eigenvalue weighted by Gasteiger charge is 2.36. The SMILES string of the molecule is O=C(CO)NC1=CC(OCC(F)F)=C(N2CC(CNC(=O)c3ccc(Cl)s3)OC2=O)CC1. The Hall–Kier alpha value is -2.70. The van der Waals surface area contributed by atoms with Crippen LogP contribution in [-0.4, -0.2) is 66.7 Å². The number of nitrogens with one attached hydrogen (secondary N) is 2. The number of aliphatic hydroxyl groups excluding tert-OH is 1. The first kappa shape index (κ1) is 24.0. The summed E-state index contributed by atoms with van der Waals surface area (Å²) >= 11 is 6.93. The Morgan fingerprint density at radius 3 is 2.81 bits per heavy atom. The van der Waals surface area contributed by atoms with Crippen LogP contribution in [-0.2, 0) is 14.3 Å². The number of hydrogen-bond donors (Lipinski definition) is 3. The third-order valence-electron chi connectivity index (χ3n) is 4.52. The highest BCUT2D eigenvalue weighted by atomic mass is 35.5. The first-order chi connectivity index (χ1) is 15.3. The minimum Gasteiger partial charge on any atom is -0.486 e. The summed E-state index contributed by atoms with van der Waals surface area (Å²) in [6.07, 6.45) is -2.27. The Morgan fingerprint density at radius 2 is 2.16 bits per heavy atom. The minimum absolute atomic E-state index is 0.000321. The molecule has 3 rings (SSSR count). The highest BCUT2D eigenvalue weighted by molar-refractivity contribution is 7.17. The van der Waals surface area contributed by atoms with Gasteiger partial charge in [-0.25, -0.2) is 13.6 Å². The molecule has 1 atom stereocenters. The second-order valence-corrected chi connectivity index (χ2v) is 8.53. The Balaban J connectivity index is 1.69. The van der Waals surface area contributed by atoms with Crippen molar-refractivity contribution in [3.05, 3.63) is 44.6 Å². The smallest absolute Gasteiger partial charge is 0.414 e. The van der Waals surface area contributed by atoms with Gasteiger partial charge < -0.3 is 25.2 Å². The predicted molar refractivity (Wildman–Crippen MR) is 110 cm³/mol. The van der Waals surface area contributed by atoms with E-state index in [1.807, 2.05) is 0 Å². The van der Waals surface area contributed by atoms with Gasteiger partial charge in [-0.2, -0.15) is 0 Å². The fourth-order valence-corrected chi connectivity index (χ4v) is 4.09. The monoisotopic (exact) mass is 491 g/mol. The van der Waals surface area contributed by atoms with Crippen LogP contribution in [0.15, 0.2) is 35.4 Å². The molecule has 2 aliphatic rings. The van der Waals surface area contributed by atoms with Gasteiger partial charge in [-0.05, 0) is 25.0 Å². The van der Waals surface area contributed by atoms with Crippen molar-refractivity contribution < 1.29 is 37.7 Å². The second-order valence-electron chi connectivity index (χ2n) is 6.82. The molecule has 9 nitrogen and oxygen atoms in total. The molecule has 1 aliphatic heterocycles. The summed E-state index contributed by atoms with van der Waals surface area (Å²) in [6.45, 7) is -1.51. The van der Waals surface area contributed by atoms with Crippen LogP contribution in [0.3, 0.4) is 0 Å². The summed E-state index contributed by atoms with van der Waals surface area (Å²) in [6, 6.07) is 3.17. The van der Waals surface area contributed by atoms with Crippen molar-refractivity contribution in [1.29, 1.82) is 0 Å². The van der Waals surface area contributed by atoms with E-state index in [4.69, 9.17) is 26.2 Å². The second kappa shape index (κ2) is 10.7. The summed E-state index contributed by atoms with van der Waals surface area (Å²) < 4.78 is 36.3. The maximum Gasteiger partial charge on any atom is 0.414 e. The number of aliphatic hydroxyl groups is 1. The molecule has 32 heavy (non-hydrogen) atoms. The highest BCUT2D eigenvalue weighted by Crippen LogP contribution is 2.30. The molecule has 3 amide bonds. The zero-order valence-electron chi connectivity index (χ0n) is 16.6.